The standard InChI is InChI=1S/C24H28O2/c1-2-22-11-17-12-23(14-22,18-3-7-20(25)8-4-18)16-24(13-17,15-22)19-5-9-21(26)10-6-19/h3-10,17,25-26H,2,11-16H2,1H3. The van der Waals surface area contributed by atoms with Gasteiger partial charge in [-0.1, -0.05) is 37.6 Å². The molecule has 4 fully saturated rings. The lowest BCUT2D eigenvalue weighted by Crippen LogP contribution is -2.60. The van der Waals surface area contributed by atoms with Crippen LogP contribution in [0.25, 0.3) is 0 Å². The van der Waals surface area contributed by atoms with Crippen LogP contribution in [-0.2, 0) is 10.8 Å². The summed E-state index contributed by atoms with van der Waals surface area (Å²) in [4.78, 5) is 0. The average molecular weight is 348 g/mol. The SMILES string of the molecule is CCC12CC3CC(c4ccc(O)cc4)(C1)CC(c1ccc(O)cc1)(C3)C2. The van der Waals surface area contributed by atoms with E-state index >= 15 is 0 Å². The molecule has 2 aromatic rings. The van der Waals surface area contributed by atoms with Crippen LogP contribution in [0.4, 0.5) is 0 Å². The topological polar surface area (TPSA) is 40.5 Å². The van der Waals surface area contributed by atoms with Gasteiger partial charge in [-0.3, -0.25) is 0 Å². The Morgan fingerprint density at radius 1 is 0.731 bits per heavy atom. The number of phenolic OH excluding ortho intramolecular Hbond substituents is 2. The maximum Gasteiger partial charge on any atom is 0.115 e. The van der Waals surface area contributed by atoms with Gasteiger partial charge in [-0.15, -0.1) is 0 Å². The molecule has 0 amide bonds. The second-order valence-electron chi connectivity index (χ2n) is 9.52. The zero-order valence-corrected chi connectivity index (χ0v) is 15.5. The van der Waals surface area contributed by atoms with Crippen molar-refractivity contribution in [3.8, 4) is 11.5 Å². The van der Waals surface area contributed by atoms with E-state index in [4.69, 9.17) is 0 Å². The van der Waals surface area contributed by atoms with E-state index in [1.165, 1.54) is 56.1 Å². The quantitative estimate of drug-likeness (QED) is 0.750. The molecule has 0 radical (unpaired) electrons. The molecule has 2 N–H and O–H groups in total. The molecule has 26 heavy (non-hydrogen) atoms. The fourth-order valence-electron chi connectivity index (χ4n) is 7.31. The molecule has 2 atom stereocenters. The summed E-state index contributed by atoms with van der Waals surface area (Å²) in [5.41, 5.74) is 3.75. The Labute approximate surface area is 155 Å². The van der Waals surface area contributed by atoms with Crippen molar-refractivity contribution in [2.24, 2.45) is 11.3 Å². The van der Waals surface area contributed by atoms with Crippen LogP contribution >= 0.6 is 0 Å². The van der Waals surface area contributed by atoms with Crippen LogP contribution in [0, 0.1) is 11.3 Å². The largest absolute Gasteiger partial charge is 0.508 e. The summed E-state index contributed by atoms with van der Waals surface area (Å²) >= 11 is 0. The molecular weight excluding hydrogens is 320 g/mol. The van der Waals surface area contributed by atoms with Gasteiger partial charge in [0.2, 0.25) is 0 Å². The Morgan fingerprint density at radius 3 is 1.62 bits per heavy atom. The summed E-state index contributed by atoms with van der Waals surface area (Å²) in [5, 5.41) is 19.5. The fraction of sp³-hybridized carbons (Fsp3) is 0.500. The van der Waals surface area contributed by atoms with Crippen molar-refractivity contribution in [3.63, 3.8) is 0 Å². The maximum atomic E-state index is 9.77. The third-order valence-electron chi connectivity index (χ3n) is 7.89. The number of benzene rings is 2. The van der Waals surface area contributed by atoms with Crippen molar-refractivity contribution in [1.82, 2.24) is 0 Å². The van der Waals surface area contributed by atoms with Crippen LogP contribution in [0.15, 0.2) is 48.5 Å². The van der Waals surface area contributed by atoms with Gasteiger partial charge in [-0.2, -0.15) is 0 Å². The van der Waals surface area contributed by atoms with E-state index in [1.807, 2.05) is 24.3 Å². The van der Waals surface area contributed by atoms with E-state index < -0.39 is 0 Å². The minimum absolute atomic E-state index is 0.237. The van der Waals surface area contributed by atoms with Gasteiger partial charge in [0.1, 0.15) is 11.5 Å². The Bertz CT molecular complexity index is 759. The molecule has 4 aliphatic rings. The van der Waals surface area contributed by atoms with Crippen LogP contribution in [0.5, 0.6) is 11.5 Å². The van der Waals surface area contributed by atoms with Crippen molar-refractivity contribution in [2.45, 2.75) is 62.7 Å². The summed E-state index contributed by atoms with van der Waals surface area (Å²) in [7, 11) is 0. The Hall–Kier alpha value is -1.96. The van der Waals surface area contributed by atoms with E-state index in [0.717, 1.165) is 5.92 Å². The van der Waals surface area contributed by atoms with Gasteiger partial charge in [0.15, 0.2) is 0 Å². The highest BCUT2D eigenvalue weighted by Crippen LogP contribution is 2.71. The molecule has 2 aromatic carbocycles. The molecule has 2 unspecified atom stereocenters. The lowest BCUT2D eigenvalue weighted by atomic mass is 9.37. The van der Waals surface area contributed by atoms with Gasteiger partial charge in [-0.25, -0.2) is 0 Å². The fourth-order valence-corrected chi connectivity index (χ4v) is 7.31. The summed E-state index contributed by atoms with van der Waals surface area (Å²) in [6.45, 7) is 2.38. The van der Waals surface area contributed by atoms with Crippen molar-refractivity contribution in [2.75, 3.05) is 0 Å². The van der Waals surface area contributed by atoms with Gasteiger partial charge >= 0.3 is 0 Å². The van der Waals surface area contributed by atoms with Crippen LogP contribution in [0.2, 0.25) is 0 Å². The lowest BCUT2D eigenvalue weighted by molar-refractivity contribution is -0.0920. The van der Waals surface area contributed by atoms with Crippen LogP contribution in [0.1, 0.15) is 63.0 Å². The Morgan fingerprint density at radius 2 is 1.19 bits per heavy atom. The number of phenols is 2. The van der Waals surface area contributed by atoms with E-state index in [9.17, 15) is 10.2 Å². The molecule has 0 aliphatic heterocycles. The van der Waals surface area contributed by atoms with Crippen LogP contribution in [0.3, 0.4) is 0 Å². The third kappa shape index (κ3) is 2.24. The van der Waals surface area contributed by atoms with Gasteiger partial charge in [0.25, 0.3) is 0 Å². The molecular formula is C24H28O2. The van der Waals surface area contributed by atoms with Crippen molar-refractivity contribution >= 4 is 0 Å². The number of rotatable bonds is 3. The van der Waals surface area contributed by atoms with Gasteiger partial charge in [-0.05, 0) is 96.1 Å². The van der Waals surface area contributed by atoms with Gasteiger partial charge in [0, 0.05) is 0 Å². The molecule has 6 rings (SSSR count). The first-order chi connectivity index (χ1) is 12.5. The van der Waals surface area contributed by atoms with Crippen molar-refractivity contribution in [3.05, 3.63) is 59.7 Å². The lowest BCUT2D eigenvalue weighted by Gasteiger charge is -2.67. The van der Waals surface area contributed by atoms with E-state index in [0.29, 0.717) is 16.9 Å². The van der Waals surface area contributed by atoms with Gasteiger partial charge < -0.3 is 10.2 Å². The minimum atomic E-state index is 0.237. The van der Waals surface area contributed by atoms with Crippen LogP contribution in [-0.4, -0.2) is 10.2 Å². The first kappa shape index (κ1) is 16.2. The molecule has 4 saturated carbocycles. The highest BCUT2D eigenvalue weighted by molar-refractivity contribution is 5.41. The zero-order valence-electron chi connectivity index (χ0n) is 15.5. The normalized spacial score (nSPS) is 37.8. The maximum absolute atomic E-state index is 9.77. The second kappa shape index (κ2) is 5.28. The highest BCUT2D eigenvalue weighted by Gasteiger charge is 2.63. The molecule has 4 aliphatic carbocycles. The Balaban J connectivity index is 1.64. The predicted octanol–water partition coefficient (Wildman–Crippen LogP) is 5.67. The number of aromatic hydroxyl groups is 2. The molecule has 2 nitrogen and oxygen atoms in total. The van der Waals surface area contributed by atoms with Crippen molar-refractivity contribution < 1.29 is 10.2 Å². The summed E-state index contributed by atoms with van der Waals surface area (Å²) < 4.78 is 0. The Kier molecular flexibility index (Phi) is 3.30. The highest BCUT2D eigenvalue weighted by atomic mass is 16.3. The molecule has 0 aromatic heterocycles. The first-order valence-corrected chi connectivity index (χ1v) is 10.1. The summed E-state index contributed by atoms with van der Waals surface area (Å²) in [5.74, 6) is 1.50. The monoisotopic (exact) mass is 348 g/mol. The average Bonchev–Trinajstić information content (AvgIpc) is 2.61. The smallest absolute Gasteiger partial charge is 0.115 e. The van der Waals surface area contributed by atoms with E-state index in [-0.39, 0.29) is 10.8 Å². The number of hydrogen-bond donors (Lipinski definition) is 2. The summed E-state index contributed by atoms with van der Waals surface area (Å²) in [6, 6.07) is 16.1. The van der Waals surface area contributed by atoms with Gasteiger partial charge in [0.05, 0.1) is 0 Å². The summed E-state index contributed by atoms with van der Waals surface area (Å²) in [6.07, 6.45) is 8.99. The minimum Gasteiger partial charge on any atom is -0.508 e. The third-order valence-corrected chi connectivity index (χ3v) is 7.89. The van der Waals surface area contributed by atoms with E-state index in [1.54, 1.807) is 0 Å². The van der Waals surface area contributed by atoms with E-state index in [2.05, 4.69) is 31.2 Å². The van der Waals surface area contributed by atoms with Crippen LogP contribution < -0.4 is 0 Å². The second-order valence-corrected chi connectivity index (χ2v) is 9.52. The number of hydrogen-bond acceptors (Lipinski definition) is 2. The molecule has 0 heterocycles. The molecule has 136 valence electrons. The van der Waals surface area contributed by atoms with Crippen molar-refractivity contribution in [1.29, 1.82) is 0 Å². The molecule has 4 bridgehead atoms. The predicted molar refractivity (Wildman–Crippen MR) is 103 cm³/mol. The molecule has 2 heteroatoms. The first-order valence-electron chi connectivity index (χ1n) is 10.1. The molecule has 0 spiro atoms. The molecule has 0 saturated heterocycles. The zero-order chi connectivity index (χ0) is 18.0.